The summed E-state index contributed by atoms with van der Waals surface area (Å²) in [7, 11) is 0. The maximum absolute atomic E-state index is 10.6. The molecule has 1 saturated carbocycles. The van der Waals surface area contributed by atoms with Crippen LogP contribution < -0.4 is 0 Å². The van der Waals surface area contributed by atoms with Crippen LogP contribution >= 0.6 is 0 Å². The minimum Gasteiger partial charge on any atom is -0.508 e. The molecule has 2 aromatic rings. The maximum Gasteiger partial charge on any atom is 0.122 e. The van der Waals surface area contributed by atoms with Gasteiger partial charge in [0.15, 0.2) is 0 Å². The summed E-state index contributed by atoms with van der Waals surface area (Å²) in [4.78, 5) is 0. The van der Waals surface area contributed by atoms with Crippen molar-refractivity contribution in [3.8, 4) is 23.0 Å². The average Bonchev–Trinajstić information content (AvgIpc) is 2.55. The Bertz CT molecular complexity index is 806. The number of phenols is 4. The number of aromatic hydroxyl groups is 4. The van der Waals surface area contributed by atoms with Gasteiger partial charge in [-0.3, -0.25) is 0 Å². The molecule has 6 heteroatoms. The van der Waals surface area contributed by atoms with Gasteiger partial charge in [-0.05, 0) is 36.6 Å². The van der Waals surface area contributed by atoms with Crippen LogP contribution in [0.5, 0.6) is 23.0 Å². The van der Waals surface area contributed by atoms with Crippen molar-refractivity contribution < 1.29 is 30.6 Å². The summed E-state index contributed by atoms with van der Waals surface area (Å²) in [6, 6.07) is 5.51. The van der Waals surface area contributed by atoms with Crippen LogP contribution in [0.2, 0.25) is 0 Å². The molecule has 134 valence electrons. The first-order valence-corrected chi connectivity index (χ1v) is 8.19. The summed E-state index contributed by atoms with van der Waals surface area (Å²) in [6.07, 6.45) is -1.51. The molecule has 3 rings (SSSR count). The van der Waals surface area contributed by atoms with Gasteiger partial charge in [0, 0.05) is 35.1 Å². The number of aliphatic hydroxyl groups excluding tert-OH is 2. The maximum atomic E-state index is 10.6. The second-order valence-electron chi connectivity index (χ2n) is 6.62. The highest BCUT2D eigenvalue weighted by molar-refractivity contribution is 5.53. The first kappa shape index (κ1) is 17.4. The van der Waals surface area contributed by atoms with Gasteiger partial charge in [-0.25, -0.2) is 0 Å². The molecule has 0 aliphatic heterocycles. The Morgan fingerprint density at radius 3 is 1.72 bits per heavy atom. The fourth-order valence-corrected chi connectivity index (χ4v) is 3.61. The molecule has 0 spiro atoms. The van der Waals surface area contributed by atoms with Crippen molar-refractivity contribution in [1.29, 1.82) is 0 Å². The second kappa shape index (κ2) is 6.13. The lowest BCUT2D eigenvalue weighted by molar-refractivity contribution is -0.0798. The zero-order valence-electron chi connectivity index (χ0n) is 14.0. The first-order chi connectivity index (χ1) is 11.8. The minimum absolute atomic E-state index is 0.0320. The van der Waals surface area contributed by atoms with Gasteiger partial charge < -0.3 is 30.6 Å². The summed E-state index contributed by atoms with van der Waals surface area (Å²) in [6.45, 7) is 3.51. The highest BCUT2D eigenvalue weighted by Crippen LogP contribution is 2.53. The Kier molecular flexibility index (Phi) is 4.26. The molecule has 0 amide bonds. The number of aryl methyl sites for hydroxylation is 2. The number of benzene rings is 2. The van der Waals surface area contributed by atoms with Gasteiger partial charge in [-0.2, -0.15) is 0 Å². The quantitative estimate of drug-likeness (QED) is 0.505. The Labute approximate surface area is 145 Å². The topological polar surface area (TPSA) is 121 Å². The number of phenolic OH excluding ortho intramolecular Hbond substituents is 4. The molecule has 1 fully saturated rings. The molecule has 1 aliphatic carbocycles. The van der Waals surface area contributed by atoms with Crippen molar-refractivity contribution in [2.24, 2.45) is 0 Å². The Morgan fingerprint density at radius 1 is 0.720 bits per heavy atom. The molecule has 6 nitrogen and oxygen atoms in total. The lowest BCUT2D eigenvalue weighted by Gasteiger charge is -2.47. The molecule has 0 radical (unpaired) electrons. The van der Waals surface area contributed by atoms with E-state index in [-0.39, 0.29) is 23.0 Å². The fraction of sp³-hybridized carbons (Fsp3) is 0.368. The number of aliphatic hydroxyl groups is 2. The van der Waals surface area contributed by atoms with Gasteiger partial charge in [0.25, 0.3) is 0 Å². The smallest absolute Gasteiger partial charge is 0.122 e. The molecule has 2 aromatic carbocycles. The third kappa shape index (κ3) is 2.67. The second-order valence-corrected chi connectivity index (χ2v) is 6.62. The van der Waals surface area contributed by atoms with Crippen LogP contribution in [0.1, 0.15) is 41.0 Å². The van der Waals surface area contributed by atoms with E-state index >= 15 is 0 Å². The lowest BCUT2D eigenvalue weighted by Crippen LogP contribution is -2.51. The molecule has 1 aliphatic rings. The zero-order valence-corrected chi connectivity index (χ0v) is 14.0. The van der Waals surface area contributed by atoms with Crippen molar-refractivity contribution >= 4 is 0 Å². The van der Waals surface area contributed by atoms with E-state index < -0.39 is 24.0 Å². The Hall–Kier alpha value is -2.44. The van der Waals surface area contributed by atoms with Crippen LogP contribution in [0.3, 0.4) is 0 Å². The highest BCUT2D eigenvalue weighted by atomic mass is 16.3. The van der Waals surface area contributed by atoms with E-state index in [0.29, 0.717) is 28.7 Å². The van der Waals surface area contributed by atoms with Gasteiger partial charge >= 0.3 is 0 Å². The van der Waals surface area contributed by atoms with E-state index in [1.165, 1.54) is 18.2 Å². The fourth-order valence-electron chi connectivity index (χ4n) is 3.61. The van der Waals surface area contributed by atoms with Gasteiger partial charge in [0.2, 0.25) is 0 Å². The largest absolute Gasteiger partial charge is 0.508 e. The third-order valence-corrected chi connectivity index (χ3v) is 5.14. The van der Waals surface area contributed by atoms with E-state index in [1.807, 2.05) is 6.92 Å². The minimum atomic E-state index is -1.02. The summed E-state index contributed by atoms with van der Waals surface area (Å²) in [5.41, 5.74) is 1.84. The summed E-state index contributed by atoms with van der Waals surface area (Å²) in [5.74, 6) is -1.96. The Balaban J connectivity index is 1.96. The highest BCUT2D eigenvalue weighted by Gasteiger charge is 2.52. The first-order valence-electron chi connectivity index (χ1n) is 8.19. The van der Waals surface area contributed by atoms with Crippen molar-refractivity contribution in [3.05, 3.63) is 46.5 Å². The van der Waals surface area contributed by atoms with E-state index in [0.717, 1.165) is 0 Å². The third-order valence-electron chi connectivity index (χ3n) is 5.14. The van der Waals surface area contributed by atoms with Crippen molar-refractivity contribution in [2.45, 2.75) is 44.3 Å². The molecule has 2 atom stereocenters. The van der Waals surface area contributed by atoms with Crippen LogP contribution in [0, 0.1) is 6.92 Å². The monoisotopic (exact) mass is 346 g/mol. The molecular formula is C19H22O6. The number of rotatable bonds is 3. The number of hydrogen-bond acceptors (Lipinski definition) is 6. The van der Waals surface area contributed by atoms with Crippen LogP contribution in [-0.4, -0.2) is 42.8 Å². The molecule has 0 aromatic heterocycles. The molecule has 2 unspecified atom stereocenters. The molecule has 25 heavy (non-hydrogen) atoms. The van der Waals surface area contributed by atoms with Crippen LogP contribution in [0.4, 0.5) is 0 Å². The van der Waals surface area contributed by atoms with Crippen LogP contribution in [0.15, 0.2) is 24.3 Å². The van der Waals surface area contributed by atoms with Gasteiger partial charge in [0.1, 0.15) is 23.0 Å². The molecule has 0 saturated heterocycles. The zero-order chi connectivity index (χ0) is 18.5. The van der Waals surface area contributed by atoms with E-state index in [9.17, 15) is 30.6 Å². The van der Waals surface area contributed by atoms with E-state index in [1.54, 1.807) is 13.0 Å². The summed E-state index contributed by atoms with van der Waals surface area (Å²) >= 11 is 0. The van der Waals surface area contributed by atoms with Crippen LogP contribution in [0.25, 0.3) is 0 Å². The SMILES string of the molecule is CCc1cc(C2C(O)C(c3cc(C)c(O)cc3O)C2O)c(O)cc1O. The standard InChI is InChI=1S/C19H22O6/c1-3-9-5-11(15(23)7-13(9)21)17-18(24)16(19(17)25)10-4-8(2)12(20)6-14(10)22/h4-7,16-25H,3H2,1-2H3. The van der Waals surface area contributed by atoms with Gasteiger partial charge in [-0.15, -0.1) is 0 Å². The average molecular weight is 346 g/mol. The van der Waals surface area contributed by atoms with Gasteiger partial charge in [0.05, 0.1) is 12.2 Å². The lowest BCUT2D eigenvalue weighted by atomic mass is 9.62. The summed E-state index contributed by atoms with van der Waals surface area (Å²) in [5, 5.41) is 60.8. The molecule has 0 bridgehead atoms. The normalized spacial score (nSPS) is 25.6. The van der Waals surface area contributed by atoms with Crippen molar-refractivity contribution in [1.82, 2.24) is 0 Å². The van der Waals surface area contributed by atoms with Crippen LogP contribution in [-0.2, 0) is 6.42 Å². The Morgan fingerprint density at radius 2 is 1.20 bits per heavy atom. The predicted octanol–water partition coefficient (Wildman–Crippen LogP) is 1.98. The predicted molar refractivity (Wildman–Crippen MR) is 91.2 cm³/mol. The molecule has 6 N–H and O–H groups in total. The summed E-state index contributed by atoms with van der Waals surface area (Å²) < 4.78 is 0. The van der Waals surface area contributed by atoms with E-state index in [2.05, 4.69) is 0 Å². The van der Waals surface area contributed by atoms with Crippen molar-refractivity contribution in [2.75, 3.05) is 0 Å². The molecule has 0 heterocycles. The van der Waals surface area contributed by atoms with Crippen molar-refractivity contribution in [3.63, 3.8) is 0 Å². The van der Waals surface area contributed by atoms with E-state index in [4.69, 9.17) is 0 Å². The number of hydrogen-bond donors (Lipinski definition) is 6. The molecular weight excluding hydrogens is 324 g/mol. The van der Waals surface area contributed by atoms with Gasteiger partial charge in [-0.1, -0.05) is 6.92 Å².